The first kappa shape index (κ1) is 8.21. The molecule has 1 unspecified atom stereocenters. The molecule has 2 heteroatoms. The molecule has 11 heavy (non-hydrogen) atoms. The minimum atomic E-state index is 0.362. The first-order chi connectivity index (χ1) is 5.34. The molecule has 0 amide bonds. The van der Waals surface area contributed by atoms with E-state index in [1.165, 1.54) is 0 Å². The van der Waals surface area contributed by atoms with Gasteiger partial charge in [0, 0.05) is 12.2 Å². The Labute approximate surface area is 67.7 Å². The largest absolute Gasteiger partial charge is 0.309 e. The third kappa shape index (κ3) is 2.31. The van der Waals surface area contributed by atoms with Crippen LogP contribution in [-0.2, 0) is 0 Å². The summed E-state index contributed by atoms with van der Waals surface area (Å²) in [6.45, 7) is 5.20. The number of hydrogen-bond acceptors (Lipinski definition) is 2. The summed E-state index contributed by atoms with van der Waals surface area (Å²) in [5.41, 5.74) is 1.11. The molecule has 1 N–H and O–H groups in total. The summed E-state index contributed by atoms with van der Waals surface area (Å²) >= 11 is 0. The van der Waals surface area contributed by atoms with Crippen molar-refractivity contribution in [1.29, 1.82) is 0 Å². The molecule has 0 radical (unpaired) electrons. The molecule has 0 aliphatic rings. The number of rotatable bonds is 3. The molecule has 1 aromatic rings. The van der Waals surface area contributed by atoms with Gasteiger partial charge < -0.3 is 5.32 Å². The Bertz CT molecular complexity index is 196. The minimum Gasteiger partial charge on any atom is -0.309 e. The molecule has 1 rings (SSSR count). The van der Waals surface area contributed by atoms with Crippen LogP contribution in [0.4, 0.5) is 0 Å². The zero-order valence-electron chi connectivity index (χ0n) is 7.04. The van der Waals surface area contributed by atoms with Gasteiger partial charge in [0.15, 0.2) is 0 Å². The summed E-state index contributed by atoms with van der Waals surface area (Å²) in [5.74, 6) is 0. The Morgan fingerprint density at radius 3 is 2.91 bits per heavy atom. The molecular formula is C9H14N2. The molecule has 1 atom stereocenters. The van der Waals surface area contributed by atoms with Gasteiger partial charge >= 0.3 is 0 Å². The molecule has 0 saturated carbocycles. The van der Waals surface area contributed by atoms with Gasteiger partial charge in [0.25, 0.3) is 0 Å². The maximum absolute atomic E-state index is 4.23. The summed E-state index contributed by atoms with van der Waals surface area (Å²) in [4.78, 5) is 4.23. The van der Waals surface area contributed by atoms with Crippen LogP contribution in [-0.4, -0.2) is 11.5 Å². The van der Waals surface area contributed by atoms with Gasteiger partial charge in [-0.2, -0.15) is 0 Å². The Morgan fingerprint density at radius 1 is 1.55 bits per heavy atom. The first-order valence-corrected chi connectivity index (χ1v) is 3.99. The summed E-state index contributed by atoms with van der Waals surface area (Å²) in [6.07, 6.45) is 1.82. The maximum atomic E-state index is 4.23. The third-order valence-corrected chi connectivity index (χ3v) is 1.64. The van der Waals surface area contributed by atoms with Gasteiger partial charge in [0.2, 0.25) is 0 Å². The summed E-state index contributed by atoms with van der Waals surface area (Å²) < 4.78 is 0. The van der Waals surface area contributed by atoms with Crippen molar-refractivity contribution in [2.75, 3.05) is 6.54 Å². The molecule has 0 fully saturated rings. The van der Waals surface area contributed by atoms with Gasteiger partial charge in [-0.1, -0.05) is 13.0 Å². The second-order valence-electron chi connectivity index (χ2n) is 2.53. The predicted molar refractivity (Wildman–Crippen MR) is 46.3 cm³/mol. The lowest BCUT2D eigenvalue weighted by atomic mass is 10.2. The van der Waals surface area contributed by atoms with Crippen LogP contribution >= 0.6 is 0 Å². The van der Waals surface area contributed by atoms with Crippen molar-refractivity contribution >= 4 is 0 Å². The monoisotopic (exact) mass is 150 g/mol. The van der Waals surface area contributed by atoms with Gasteiger partial charge in [-0.3, -0.25) is 4.98 Å². The lowest BCUT2D eigenvalue weighted by molar-refractivity contribution is 0.583. The number of nitrogens with one attached hydrogen (secondary N) is 1. The Hall–Kier alpha value is -0.890. The molecular weight excluding hydrogens is 136 g/mol. The molecule has 0 spiro atoms. The molecule has 0 bridgehead atoms. The summed E-state index contributed by atoms with van der Waals surface area (Å²) in [5, 5.41) is 3.30. The van der Waals surface area contributed by atoms with Crippen LogP contribution in [0.1, 0.15) is 25.6 Å². The highest BCUT2D eigenvalue weighted by Crippen LogP contribution is 2.06. The second-order valence-corrected chi connectivity index (χ2v) is 2.53. The molecule has 2 nitrogen and oxygen atoms in total. The number of nitrogens with zero attached hydrogens (tertiary/aromatic N) is 1. The second kappa shape index (κ2) is 4.09. The van der Waals surface area contributed by atoms with Crippen molar-refractivity contribution in [2.24, 2.45) is 0 Å². The van der Waals surface area contributed by atoms with E-state index in [1.54, 1.807) is 0 Å². The molecule has 0 aromatic carbocycles. The van der Waals surface area contributed by atoms with Crippen LogP contribution < -0.4 is 5.32 Å². The van der Waals surface area contributed by atoms with Gasteiger partial charge in [-0.05, 0) is 25.6 Å². The Kier molecular flexibility index (Phi) is 3.05. The topological polar surface area (TPSA) is 24.9 Å². The fourth-order valence-electron chi connectivity index (χ4n) is 1.04. The smallest absolute Gasteiger partial charge is 0.0570 e. The minimum absolute atomic E-state index is 0.362. The standard InChI is InChI=1S/C9H14N2/c1-3-10-8(2)9-6-4-5-7-11-9/h4-8,10H,3H2,1-2H3. The van der Waals surface area contributed by atoms with E-state index in [0.29, 0.717) is 6.04 Å². The van der Waals surface area contributed by atoms with E-state index in [4.69, 9.17) is 0 Å². The molecule has 0 saturated heterocycles. The van der Waals surface area contributed by atoms with Crippen LogP contribution in [0.25, 0.3) is 0 Å². The van der Waals surface area contributed by atoms with E-state index in [9.17, 15) is 0 Å². The Morgan fingerprint density at radius 2 is 2.36 bits per heavy atom. The van der Waals surface area contributed by atoms with Gasteiger partial charge in [-0.25, -0.2) is 0 Å². The highest BCUT2D eigenvalue weighted by atomic mass is 14.9. The van der Waals surface area contributed by atoms with Gasteiger partial charge in [0.05, 0.1) is 5.69 Å². The molecule has 1 heterocycles. The molecule has 0 aliphatic heterocycles. The zero-order chi connectivity index (χ0) is 8.10. The lowest BCUT2D eigenvalue weighted by Crippen LogP contribution is -2.18. The number of pyridine rings is 1. The van der Waals surface area contributed by atoms with E-state index in [2.05, 4.69) is 24.1 Å². The van der Waals surface area contributed by atoms with Crippen LogP contribution in [0.5, 0.6) is 0 Å². The Balaban J connectivity index is 2.61. The van der Waals surface area contributed by atoms with E-state index >= 15 is 0 Å². The highest BCUT2D eigenvalue weighted by Gasteiger charge is 2.01. The van der Waals surface area contributed by atoms with Crippen LogP contribution in [0, 0.1) is 0 Å². The third-order valence-electron chi connectivity index (χ3n) is 1.64. The lowest BCUT2D eigenvalue weighted by Gasteiger charge is -2.10. The zero-order valence-corrected chi connectivity index (χ0v) is 7.04. The highest BCUT2D eigenvalue weighted by molar-refractivity contribution is 5.07. The molecule has 1 aromatic heterocycles. The van der Waals surface area contributed by atoms with Gasteiger partial charge in [0.1, 0.15) is 0 Å². The SMILES string of the molecule is CCNC(C)c1ccccn1. The van der Waals surface area contributed by atoms with Crippen LogP contribution in [0.2, 0.25) is 0 Å². The quantitative estimate of drug-likeness (QED) is 0.710. The van der Waals surface area contributed by atoms with Gasteiger partial charge in [-0.15, -0.1) is 0 Å². The normalized spacial score (nSPS) is 12.9. The van der Waals surface area contributed by atoms with Crippen LogP contribution in [0.15, 0.2) is 24.4 Å². The average Bonchev–Trinajstić information content (AvgIpc) is 2.07. The fraction of sp³-hybridized carbons (Fsp3) is 0.444. The van der Waals surface area contributed by atoms with Crippen molar-refractivity contribution in [3.8, 4) is 0 Å². The van der Waals surface area contributed by atoms with E-state index in [-0.39, 0.29) is 0 Å². The molecule has 60 valence electrons. The first-order valence-electron chi connectivity index (χ1n) is 3.99. The number of hydrogen-bond donors (Lipinski definition) is 1. The van der Waals surface area contributed by atoms with E-state index < -0.39 is 0 Å². The predicted octanol–water partition coefficient (Wildman–Crippen LogP) is 1.75. The maximum Gasteiger partial charge on any atom is 0.0570 e. The summed E-state index contributed by atoms with van der Waals surface area (Å²) in [6, 6.07) is 6.34. The van der Waals surface area contributed by atoms with Crippen LogP contribution in [0.3, 0.4) is 0 Å². The van der Waals surface area contributed by atoms with Crippen molar-refractivity contribution in [1.82, 2.24) is 10.3 Å². The summed E-state index contributed by atoms with van der Waals surface area (Å²) in [7, 11) is 0. The number of aromatic nitrogens is 1. The van der Waals surface area contributed by atoms with E-state index in [0.717, 1.165) is 12.2 Å². The van der Waals surface area contributed by atoms with E-state index in [1.807, 2.05) is 24.4 Å². The van der Waals surface area contributed by atoms with Crippen molar-refractivity contribution in [3.63, 3.8) is 0 Å². The van der Waals surface area contributed by atoms with Crippen molar-refractivity contribution < 1.29 is 0 Å². The van der Waals surface area contributed by atoms with Crippen molar-refractivity contribution in [3.05, 3.63) is 30.1 Å². The molecule has 0 aliphatic carbocycles. The average molecular weight is 150 g/mol. The fourth-order valence-corrected chi connectivity index (χ4v) is 1.04. The van der Waals surface area contributed by atoms with Crippen molar-refractivity contribution in [2.45, 2.75) is 19.9 Å².